The third-order valence-electron chi connectivity index (χ3n) is 4.46. The molecule has 1 heterocycles. The molecule has 164 valence electrons. The monoisotopic (exact) mass is 483 g/mol. The Hall–Kier alpha value is -2.44. The Balaban J connectivity index is 1.74. The average molecular weight is 484 g/mol. The van der Waals surface area contributed by atoms with E-state index in [1.807, 2.05) is 0 Å². The average Bonchev–Trinajstić information content (AvgIpc) is 3.06. The highest BCUT2D eigenvalue weighted by molar-refractivity contribution is 8.14. The van der Waals surface area contributed by atoms with Crippen LogP contribution in [-0.2, 0) is 26.2 Å². The van der Waals surface area contributed by atoms with Crippen LogP contribution in [-0.4, -0.2) is 54.8 Å². The molecule has 9 nitrogen and oxygen atoms in total. The van der Waals surface area contributed by atoms with E-state index < -0.39 is 15.9 Å². The number of nitrogens with zero attached hydrogens (tertiary/aromatic N) is 2. The second kappa shape index (κ2) is 9.37. The molecule has 1 N–H and O–H groups in total. The zero-order valence-electron chi connectivity index (χ0n) is 16.5. The third-order valence-corrected chi connectivity index (χ3v) is 7.48. The number of imide groups is 1. The van der Waals surface area contributed by atoms with Crippen LogP contribution in [0, 0.1) is 0 Å². The first-order valence-corrected chi connectivity index (χ1v) is 11.6. The van der Waals surface area contributed by atoms with Gasteiger partial charge in [-0.25, -0.2) is 8.42 Å². The number of hydrogen-bond donors (Lipinski definition) is 1. The van der Waals surface area contributed by atoms with Gasteiger partial charge in [-0.1, -0.05) is 40.0 Å². The van der Waals surface area contributed by atoms with E-state index >= 15 is 0 Å². The number of carbonyl (C=O) groups is 3. The Morgan fingerprint density at radius 1 is 1.23 bits per heavy atom. The van der Waals surface area contributed by atoms with Crippen molar-refractivity contribution in [3.05, 3.63) is 58.6 Å². The molecule has 0 saturated carbocycles. The summed E-state index contributed by atoms with van der Waals surface area (Å²) in [6.45, 7) is 0.157. The van der Waals surface area contributed by atoms with Gasteiger partial charge in [0.15, 0.2) is 0 Å². The van der Waals surface area contributed by atoms with Gasteiger partial charge < -0.3 is 5.32 Å². The summed E-state index contributed by atoms with van der Waals surface area (Å²) in [5, 5.41) is 2.34. The largest absolute Gasteiger partial charge is 0.322 e. The normalized spacial score (nSPS) is 14.4. The molecule has 31 heavy (non-hydrogen) atoms. The Labute approximate surface area is 188 Å². The SMILES string of the molecule is CON(C)S(=O)(=O)c1cc(C(=O)Nc2ccc(CN3C(=O)CSC3=O)cc2)ccc1Cl. The number of hydrogen-bond acceptors (Lipinski definition) is 7. The third kappa shape index (κ3) is 5.08. The maximum atomic E-state index is 12.6. The molecule has 2 aromatic carbocycles. The highest BCUT2D eigenvalue weighted by Crippen LogP contribution is 2.26. The summed E-state index contributed by atoms with van der Waals surface area (Å²) in [6, 6.07) is 10.5. The fourth-order valence-corrected chi connectivity index (χ4v) is 4.89. The number of amides is 3. The van der Waals surface area contributed by atoms with Gasteiger partial charge in [0.25, 0.3) is 21.2 Å². The Morgan fingerprint density at radius 3 is 2.48 bits per heavy atom. The molecule has 1 aliphatic rings. The van der Waals surface area contributed by atoms with Gasteiger partial charge in [-0.05, 0) is 35.9 Å². The van der Waals surface area contributed by atoms with Gasteiger partial charge in [0.2, 0.25) is 5.91 Å². The minimum Gasteiger partial charge on any atom is -0.322 e. The van der Waals surface area contributed by atoms with Crippen LogP contribution < -0.4 is 5.32 Å². The van der Waals surface area contributed by atoms with Crippen LogP contribution in [0.15, 0.2) is 47.4 Å². The van der Waals surface area contributed by atoms with Gasteiger partial charge in [0, 0.05) is 18.3 Å². The lowest BCUT2D eigenvalue weighted by Gasteiger charge is -2.16. The number of benzene rings is 2. The topological polar surface area (TPSA) is 113 Å². The number of rotatable bonds is 7. The molecular formula is C19H18ClN3O6S2. The summed E-state index contributed by atoms with van der Waals surface area (Å²) in [7, 11) is -1.63. The summed E-state index contributed by atoms with van der Waals surface area (Å²) in [6.07, 6.45) is 0. The minimum atomic E-state index is -4.04. The summed E-state index contributed by atoms with van der Waals surface area (Å²) in [5.41, 5.74) is 1.27. The molecule has 1 saturated heterocycles. The molecule has 2 aromatic rings. The smallest absolute Gasteiger partial charge is 0.289 e. The van der Waals surface area contributed by atoms with E-state index in [0.29, 0.717) is 10.2 Å². The standard InChI is InChI=1S/C19H18ClN3O6S2/c1-22(29-2)31(27,28)16-9-13(5-8-15(16)20)18(25)21-14-6-3-12(4-7-14)10-23-17(24)11-30-19(23)26/h3-9H,10-11H2,1-2H3,(H,21,25). The van der Waals surface area contributed by atoms with Gasteiger partial charge in [-0.2, -0.15) is 0 Å². The van der Waals surface area contributed by atoms with Crippen molar-refractivity contribution < 1.29 is 27.6 Å². The molecular weight excluding hydrogens is 466 g/mol. The second-order valence-electron chi connectivity index (χ2n) is 6.43. The van der Waals surface area contributed by atoms with Gasteiger partial charge in [0.05, 0.1) is 24.4 Å². The van der Waals surface area contributed by atoms with Crippen molar-refractivity contribution in [3.8, 4) is 0 Å². The van der Waals surface area contributed by atoms with E-state index in [9.17, 15) is 22.8 Å². The minimum absolute atomic E-state index is 0.0472. The quantitative estimate of drug-likeness (QED) is 0.602. The zero-order valence-corrected chi connectivity index (χ0v) is 18.9. The number of hydroxylamine groups is 1. The van der Waals surface area contributed by atoms with Crippen LogP contribution in [0.25, 0.3) is 0 Å². The van der Waals surface area contributed by atoms with E-state index in [1.165, 1.54) is 37.3 Å². The molecule has 0 aromatic heterocycles. The fraction of sp³-hybridized carbons (Fsp3) is 0.211. The van der Waals surface area contributed by atoms with Crippen LogP contribution in [0.3, 0.4) is 0 Å². The van der Waals surface area contributed by atoms with Gasteiger partial charge in [-0.3, -0.25) is 24.1 Å². The molecule has 0 unspecified atom stereocenters. The summed E-state index contributed by atoms with van der Waals surface area (Å²) in [4.78, 5) is 41.6. The van der Waals surface area contributed by atoms with Gasteiger partial charge in [-0.15, -0.1) is 0 Å². The van der Waals surface area contributed by atoms with Crippen LogP contribution in [0.2, 0.25) is 5.02 Å². The first-order valence-electron chi connectivity index (χ1n) is 8.83. The first-order chi connectivity index (χ1) is 14.6. The molecule has 1 aliphatic heterocycles. The fourth-order valence-electron chi connectivity index (χ4n) is 2.69. The lowest BCUT2D eigenvalue weighted by Crippen LogP contribution is -2.27. The predicted molar refractivity (Wildman–Crippen MR) is 116 cm³/mol. The number of sulfonamides is 1. The summed E-state index contributed by atoms with van der Waals surface area (Å²) in [5.74, 6) is -0.631. The van der Waals surface area contributed by atoms with Crippen LogP contribution >= 0.6 is 23.4 Å². The maximum absolute atomic E-state index is 12.6. The van der Waals surface area contributed by atoms with Crippen molar-refractivity contribution in [2.24, 2.45) is 0 Å². The molecule has 0 atom stereocenters. The van der Waals surface area contributed by atoms with Crippen molar-refractivity contribution in [3.63, 3.8) is 0 Å². The first kappa shape index (κ1) is 23.2. The molecule has 12 heteroatoms. The van der Waals surface area contributed by atoms with E-state index in [0.717, 1.165) is 17.3 Å². The number of halogens is 1. The Morgan fingerprint density at radius 2 is 1.90 bits per heavy atom. The Kier molecular flexibility index (Phi) is 7.02. The number of anilines is 1. The molecule has 0 aliphatic carbocycles. The van der Waals surface area contributed by atoms with Crippen LogP contribution in [0.1, 0.15) is 15.9 Å². The molecule has 0 radical (unpaired) electrons. The lowest BCUT2D eigenvalue weighted by molar-refractivity contribution is -0.125. The molecule has 3 rings (SSSR count). The highest BCUT2D eigenvalue weighted by Gasteiger charge is 2.29. The lowest BCUT2D eigenvalue weighted by atomic mass is 10.1. The van der Waals surface area contributed by atoms with E-state index in [1.54, 1.807) is 24.3 Å². The van der Waals surface area contributed by atoms with Crippen LogP contribution in [0.5, 0.6) is 0 Å². The van der Waals surface area contributed by atoms with Crippen molar-refractivity contribution in [2.45, 2.75) is 11.4 Å². The van der Waals surface area contributed by atoms with Gasteiger partial charge >= 0.3 is 0 Å². The zero-order chi connectivity index (χ0) is 22.8. The number of nitrogens with one attached hydrogen (secondary N) is 1. The summed E-state index contributed by atoms with van der Waals surface area (Å²) >= 11 is 6.97. The summed E-state index contributed by atoms with van der Waals surface area (Å²) < 4.78 is 25.6. The molecule has 3 amide bonds. The number of thioether (sulfide) groups is 1. The van der Waals surface area contributed by atoms with Crippen molar-refractivity contribution in [1.29, 1.82) is 0 Å². The maximum Gasteiger partial charge on any atom is 0.289 e. The van der Waals surface area contributed by atoms with Crippen LogP contribution in [0.4, 0.5) is 10.5 Å². The second-order valence-corrected chi connectivity index (χ2v) is 9.67. The van der Waals surface area contributed by atoms with Crippen molar-refractivity contribution in [2.75, 3.05) is 25.2 Å². The molecule has 0 spiro atoms. The predicted octanol–water partition coefficient (Wildman–Crippen LogP) is 2.97. The van der Waals surface area contributed by atoms with Crippen molar-refractivity contribution >= 4 is 56.1 Å². The number of carbonyl (C=O) groups excluding carboxylic acids is 3. The Bertz CT molecular complexity index is 1120. The molecule has 1 fully saturated rings. The molecule has 0 bridgehead atoms. The van der Waals surface area contributed by atoms with Gasteiger partial charge in [0.1, 0.15) is 4.90 Å². The van der Waals surface area contributed by atoms with E-state index in [4.69, 9.17) is 16.4 Å². The van der Waals surface area contributed by atoms with E-state index in [-0.39, 0.29) is 38.9 Å². The highest BCUT2D eigenvalue weighted by atomic mass is 35.5. The van der Waals surface area contributed by atoms with E-state index in [2.05, 4.69) is 5.32 Å². The van der Waals surface area contributed by atoms with Crippen molar-refractivity contribution in [1.82, 2.24) is 9.37 Å².